The molecule has 0 bridgehead atoms. The van der Waals surface area contributed by atoms with Crippen LogP contribution in [0.5, 0.6) is 0 Å². The highest BCUT2D eigenvalue weighted by atomic mass is 32.1. The van der Waals surface area contributed by atoms with Crippen LogP contribution in [0.1, 0.15) is 23.9 Å². The number of carboxylic acids is 1. The summed E-state index contributed by atoms with van der Waals surface area (Å²) in [7, 11) is 0. The van der Waals surface area contributed by atoms with Gasteiger partial charge in [0, 0.05) is 18.0 Å². The van der Waals surface area contributed by atoms with Gasteiger partial charge in [-0.15, -0.1) is 11.3 Å². The minimum atomic E-state index is -0.741. The van der Waals surface area contributed by atoms with Crippen LogP contribution < -0.4 is 0 Å². The second-order valence-electron chi connectivity index (χ2n) is 3.37. The standard InChI is InChI=1S/C10H16N2O2S/c1-3-12(5-4-10(13)14)6-9-8(2)11-7-15-9/h7H,3-6H2,1-2H3,(H,13,14). The molecule has 0 amide bonds. The lowest BCUT2D eigenvalue weighted by molar-refractivity contribution is -0.137. The second-order valence-corrected chi connectivity index (χ2v) is 4.31. The molecule has 1 N–H and O–H groups in total. The highest BCUT2D eigenvalue weighted by Crippen LogP contribution is 2.14. The second kappa shape index (κ2) is 5.82. The summed E-state index contributed by atoms with van der Waals surface area (Å²) in [4.78, 5) is 18.0. The van der Waals surface area contributed by atoms with Gasteiger partial charge in [0.2, 0.25) is 0 Å². The molecule has 0 aliphatic rings. The van der Waals surface area contributed by atoms with Gasteiger partial charge in [-0.3, -0.25) is 9.69 Å². The molecule has 1 heterocycles. The van der Waals surface area contributed by atoms with E-state index in [1.807, 2.05) is 19.4 Å². The molecule has 1 aromatic rings. The lowest BCUT2D eigenvalue weighted by Crippen LogP contribution is -2.25. The number of thiazole rings is 1. The molecule has 0 saturated carbocycles. The Kier molecular flexibility index (Phi) is 4.71. The summed E-state index contributed by atoms with van der Waals surface area (Å²) < 4.78 is 0. The zero-order chi connectivity index (χ0) is 11.3. The monoisotopic (exact) mass is 228 g/mol. The minimum Gasteiger partial charge on any atom is -0.481 e. The van der Waals surface area contributed by atoms with Crippen LogP contribution in [0.25, 0.3) is 0 Å². The van der Waals surface area contributed by atoms with E-state index in [1.165, 1.54) is 4.88 Å². The topological polar surface area (TPSA) is 53.4 Å². The van der Waals surface area contributed by atoms with Crippen molar-refractivity contribution in [3.63, 3.8) is 0 Å². The van der Waals surface area contributed by atoms with E-state index in [1.54, 1.807) is 11.3 Å². The Hall–Kier alpha value is -0.940. The molecule has 0 aliphatic carbocycles. The van der Waals surface area contributed by atoms with Crippen molar-refractivity contribution in [2.75, 3.05) is 13.1 Å². The van der Waals surface area contributed by atoms with Gasteiger partial charge in [0.25, 0.3) is 0 Å². The van der Waals surface area contributed by atoms with Gasteiger partial charge in [0.05, 0.1) is 17.6 Å². The molecule has 84 valence electrons. The van der Waals surface area contributed by atoms with Crippen molar-refractivity contribution in [3.8, 4) is 0 Å². The van der Waals surface area contributed by atoms with E-state index in [4.69, 9.17) is 5.11 Å². The van der Waals surface area contributed by atoms with Crippen LogP contribution in [0.15, 0.2) is 5.51 Å². The maximum absolute atomic E-state index is 10.5. The molecule has 0 radical (unpaired) electrons. The summed E-state index contributed by atoms with van der Waals surface area (Å²) in [6.07, 6.45) is 0.200. The highest BCUT2D eigenvalue weighted by molar-refractivity contribution is 7.09. The van der Waals surface area contributed by atoms with Crippen molar-refractivity contribution in [3.05, 3.63) is 16.1 Å². The average molecular weight is 228 g/mol. The summed E-state index contributed by atoms with van der Waals surface area (Å²) >= 11 is 1.63. The van der Waals surface area contributed by atoms with Crippen LogP contribution >= 0.6 is 11.3 Å². The first-order chi connectivity index (χ1) is 7.13. The zero-order valence-electron chi connectivity index (χ0n) is 9.06. The van der Waals surface area contributed by atoms with E-state index in [2.05, 4.69) is 9.88 Å². The first kappa shape index (κ1) is 12.1. The maximum atomic E-state index is 10.5. The van der Waals surface area contributed by atoms with Crippen LogP contribution in [-0.2, 0) is 11.3 Å². The Morgan fingerprint density at radius 1 is 1.67 bits per heavy atom. The number of carboxylic acid groups (broad SMARTS) is 1. The van der Waals surface area contributed by atoms with Crippen LogP contribution in [0.3, 0.4) is 0 Å². The third-order valence-corrected chi connectivity index (χ3v) is 3.22. The van der Waals surface area contributed by atoms with Gasteiger partial charge in [0.1, 0.15) is 0 Å². The van der Waals surface area contributed by atoms with Crippen molar-refractivity contribution in [2.24, 2.45) is 0 Å². The van der Waals surface area contributed by atoms with Crippen molar-refractivity contribution in [1.82, 2.24) is 9.88 Å². The first-order valence-corrected chi connectivity index (χ1v) is 5.84. The van der Waals surface area contributed by atoms with E-state index in [0.29, 0.717) is 6.54 Å². The molecule has 0 unspecified atom stereocenters. The maximum Gasteiger partial charge on any atom is 0.304 e. The molecule has 0 aromatic carbocycles. The fraction of sp³-hybridized carbons (Fsp3) is 0.600. The van der Waals surface area contributed by atoms with Gasteiger partial charge in [-0.2, -0.15) is 0 Å². The fourth-order valence-corrected chi connectivity index (χ4v) is 2.10. The fourth-order valence-electron chi connectivity index (χ4n) is 1.28. The molecule has 4 nitrogen and oxygen atoms in total. The number of aryl methyl sites for hydroxylation is 1. The number of nitrogens with zero attached hydrogens (tertiary/aromatic N) is 2. The summed E-state index contributed by atoms with van der Waals surface area (Å²) in [6, 6.07) is 0. The number of rotatable bonds is 6. The summed E-state index contributed by atoms with van der Waals surface area (Å²) in [6.45, 7) is 6.29. The summed E-state index contributed by atoms with van der Waals surface area (Å²) in [5.74, 6) is -0.741. The predicted molar refractivity (Wildman–Crippen MR) is 60.1 cm³/mol. The molecule has 15 heavy (non-hydrogen) atoms. The van der Waals surface area contributed by atoms with E-state index in [9.17, 15) is 4.79 Å². The molecule has 1 rings (SSSR count). The molecule has 1 aromatic heterocycles. The average Bonchev–Trinajstić information content (AvgIpc) is 2.58. The first-order valence-electron chi connectivity index (χ1n) is 4.96. The number of carbonyl (C=O) groups is 1. The molecule has 0 fully saturated rings. The third-order valence-electron chi connectivity index (χ3n) is 2.30. The van der Waals surface area contributed by atoms with Gasteiger partial charge >= 0.3 is 5.97 Å². The normalized spacial score (nSPS) is 10.9. The van der Waals surface area contributed by atoms with Crippen LogP contribution in [-0.4, -0.2) is 34.0 Å². The number of aromatic nitrogens is 1. The van der Waals surface area contributed by atoms with E-state index >= 15 is 0 Å². The molecule has 0 atom stereocenters. The summed E-state index contributed by atoms with van der Waals surface area (Å²) in [5.41, 5.74) is 2.88. The summed E-state index contributed by atoms with van der Waals surface area (Å²) in [5, 5.41) is 8.60. The van der Waals surface area contributed by atoms with Crippen molar-refractivity contribution in [1.29, 1.82) is 0 Å². The van der Waals surface area contributed by atoms with Crippen molar-refractivity contribution < 1.29 is 9.90 Å². The quantitative estimate of drug-likeness (QED) is 0.806. The van der Waals surface area contributed by atoms with Gasteiger partial charge in [-0.25, -0.2) is 4.98 Å². The van der Waals surface area contributed by atoms with Crippen LogP contribution in [0.2, 0.25) is 0 Å². The van der Waals surface area contributed by atoms with Crippen LogP contribution in [0, 0.1) is 6.92 Å². The third kappa shape index (κ3) is 3.97. The van der Waals surface area contributed by atoms with Gasteiger partial charge in [-0.05, 0) is 13.5 Å². The number of hydrogen-bond acceptors (Lipinski definition) is 4. The lowest BCUT2D eigenvalue weighted by atomic mass is 10.3. The highest BCUT2D eigenvalue weighted by Gasteiger charge is 2.09. The lowest BCUT2D eigenvalue weighted by Gasteiger charge is -2.18. The zero-order valence-corrected chi connectivity index (χ0v) is 9.88. The predicted octanol–water partition coefficient (Wildman–Crippen LogP) is 1.75. The molecular formula is C10H16N2O2S. The Labute approximate surface area is 93.6 Å². The molecule has 0 saturated heterocycles. The molecule has 0 aliphatic heterocycles. The molecular weight excluding hydrogens is 212 g/mol. The Bertz CT molecular complexity index is 325. The van der Waals surface area contributed by atoms with Gasteiger partial charge < -0.3 is 5.11 Å². The largest absolute Gasteiger partial charge is 0.481 e. The van der Waals surface area contributed by atoms with Crippen LogP contribution in [0.4, 0.5) is 0 Å². The van der Waals surface area contributed by atoms with E-state index in [-0.39, 0.29) is 6.42 Å². The van der Waals surface area contributed by atoms with Gasteiger partial charge in [-0.1, -0.05) is 6.92 Å². The number of hydrogen-bond donors (Lipinski definition) is 1. The number of aliphatic carboxylic acids is 1. The molecule has 0 spiro atoms. The van der Waals surface area contributed by atoms with E-state index < -0.39 is 5.97 Å². The SMILES string of the molecule is CCN(CCC(=O)O)Cc1scnc1C. The smallest absolute Gasteiger partial charge is 0.304 e. The van der Waals surface area contributed by atoms with Crippen molar-refractivity contribution >= 4 is 17.3 Å². The Morgan fingerprint density at radius 3 is 2.87 bits per heavy atom. The molecule has 5 heteroatoms. The Balaban J connectivity index is 2.47. The van der Waals surface area contributed by atoms with E-state index in [0.717, 1.165) is 18.8 Å². The Morgan fingerprint density at radius 2 is 2.40 bits per heavy atom. The van der Waals surface area contributed by atoms with Gasteiger partial charge in [0.15, 0.2) is 0 Å². The van der Waals surface area contributed by atoms with Crippen molar-refractivity contribution in [2.45, 2.75) is 26.8 Å². The minimum absolute atomic E-state index is 0.200.